The van der Waals surface area contributed by atoms with Gasteiger partial charge in [0.25, 0.3) is 0 Å². The van der Waals surface area contributed by atoms with Crippen LogP contribution in [0.4, 0.5) is 11.4 Å². The van der Waals surface area contributed by atoms with Crippen LogP contribution in [0.1, 0.15) is 83.7 Å². The molecule has 1 aromatic heterocycles. The summed E-state index contributed by atoms with van der Waals surface area (Å²) in [5.74, 6) is 1.33. The van der Waals surface area contributed by atoms with Gasteiger partial charge in [-0.15, -0.1) is 0 Å². The zero-order valence-corrected chi connectivity index (χ0v) is 107. The van der Waals surface area contributed by atoms with Gasteiger partial charge in [-0.25, -0.2) is 58.9 Å². The fourth-order valence-corrected chi connectivity index (χ4v) is 21.0. The van der Waals surface area contributed by atoms with Gasteiger partial charge in [0.15, 0.2) is 0 Å². The molecule has 0 saturated carbocycles. The molecule has 11 aromatic rings. The van der Waals surface area contributed by atoms with E-state index in [0.29, 0.717) is 69.8 Å². The van der Waals surface area contributed by atoms with Crippen LogP contribution in [-0.4, -0.2) is 139 Å². The minimum atomic E-state index is -3.66. The second-order valence-electron chi connectivity index (χ2n) is 27.0. The van der Waals surface area contributed by atoms with Gasteiger partial charge in [0.2, 0.25) is 5.91 Å². The quantitative estimate of drug-likeness (QED) is 0.0799. The molecule has 0 atom stereocenters. The molecule has 0 saturated heterocycles. The predicted octanol–water partition coefficient (Wildman–Crippen LogP) is 21.7. The smallest absolute Gasteiger partial charge is 0.221 e. The molecule has 7 radical (unpaired) electrons. The molecule has 1 aliphatic heterocycles. The van der Waals surface area contributed by atoms with Crippen LogP contribution in [0.5, 0.6) is 11.5 Å². The number of aryl methyl sites for hydroxylation is 2. The Morgan fingerprint density at radius 2 is 0.788 bits per heavy atom. The Bertz CT molecular complexity index is 6440. The Morgan fingerprint density at radius 1 is 0.424 bits per heavy atom. The molecule has 43 heteroatoms. The summed E-state index contributed by atoms with van der Waals surface area (Å²) in [4.78, 5) is 17.0. The second-order valence-corrected chi connectivity index (χ2v) is 40.5. The number of fused-ring (bicyclic) bond motifs is 6. The maximum atomic E-state index is 12.1. The topological polar surface area (TPSA) is 410 Å². The Morgan fingerprint density at radius 3 is 1.23 bits per heavy atom. The molecule has 2 heterocycles. The first-order valence-corrected chi connectivity index (χ1v) is 47.3. The summed E-state index contributed by atoms with van der Waals surface area (Å²) in [7, 11) is -12.5. The molecule has 13 rings (SSSR count). The molecule has 1 amide bonds. The first-order chi connectivity index (χ1) is 55.3. The maximum Gasteiger partial charge on any atom is 0.221 e. The van der Waals surface area contributed by atoms with Crippen LogP contribution in [0.2, 0.25) is 5.02 Å². The van der Waals surface area contributed by atoms with Crippen LogP contribution >= 0.6 is 27.5 Å². The van der Waals surface area contributed by atoms with Gasteiger partial charge in [0, 0.05) is 304 Å². The molecule has 132 heavy (non-hydrogen) atoms. The van der Waals surface area contributed by atoms with Crippen molar-refractivity contribution in [1.82, 2.24) is 4.98 Å². The summed E-state index contributed by atoms with van der Waals surface area (Å²) in [6, 6.07) is 44.8. The third kappa shape index (κ3) is 36.5. The van der Waals surface area contributed by atoms with E-state index in [2.05, 4.69) is 64.6 Å². The largest absolute Gasteiger partial charge is 0.547 e. The predicted molar refractivity (Wildman–Crippen MR) is 520 cm³/mol. The molecule has 713 valence electrons. The monoisotopic (exact) mass is 2550 g/mol. The van der Waals surface area contributed by atoms with E-state index in [9.17, 15) is 63.7 Å². The van der Waals surface area contributed by atoms with Crippen LogP contribution in [0, 0.1) is 93.5 Å². The number of anilines is 2. The third-order valence-corrected chi connectivity index (χ3v) is 30.5. The molecule has 1 aliphatic carbocycles. The van der Waals surface area contributed by atoms with Crippen LogP contribution in [0.25, 0.3) is 76.3 Å². The van der Waals surface area contributed by atoms with Crippen LogP contribution in [0.15, 0.2) is 203 Å². The maximum absolute atomic E-state index is 12.1. The number of hydrogen-bond donors (Lipinski definition) is 2. The van der Waals surface area contributed by atoms with E-state index in [1.165, 1.54) is 80.0 Å². The zero-order chi connectivity index (χ0) is 88.0. The molecule has 2 aliphatic rings. The number of carbonyl (C=O) groups excluding carboxylic acids is 1. The average molecular weight is 2560 g/mol. The minimum absolute atomic E-state index is 0. The number of aromatic nitrogens is 1. The van der Waals surface area contributed by atoms with Gasteiger partial charge >= 0.3 is 0 Å². The molecule has 2 N–H and O–H groups in total. The number of hydrogen-bond acceptors (Lipinski definition) is 19. The minimum Gasteiger partial charge on any atom is -0.547 e. The fraction of sp³-hybridized carbons (Fsp3) is 0.270. The van der Waals surface area contributed by atoms with Gasteiger partial charge in [-0.3, -0.25) is 9.78 Å². The van der Waals surface area contributed by atoms with Gasteiger partial charge in [0.05, 0.1) is 51.9 Å². The standard InChI is InChI=1S/C14H20NO3S.C13H13N2O3S.C12H13N2O2S.C11H9BrNO2S.C11H16NO3S.C11H14NO2S.C10H8ClN2O2S.7CH3.7Y/c1-8-9(2)13(19(16,17)15-6)10(3)11-7-14(4,5)18-12(8)11;1-9(16)15-12-7-3-6-11-10(12)5-4-8-13(11)19(17,18)14-2;1-13-11-7-3-6-10-9(11)5-4-8-12(10)17(15,16)14-2;1-13-16(14,15)11-7-3-4-8-9(11)5-2-6-10(8)12;1-7-6-10(15-5)8(2)9(3)11(7)16(13,14)12-4;1-12-15(13,14)11-8-4-6-9-5-2-3-7-10(9)11;1-12-16(14,15)9-5-4-8(11)10-7(9)3-2-6-13-10;;;;;;;;;;;;;;/h7H2,1-6H3;3-8H,1-2H3,(H,15,16);3-8,13H,1-2H3;2-7H,1H3;6H,1-5H3;4,6,8H,2-3,5,7H2,1H3;2-6H,1H3;7*1H3;;;;;;;/q14*-1;;;;;;;. The zero-order valence-electron chi connectivity index (χ0n) is 79.3. The number of rotatable bonds is 17. The Kier molecular flexibility index (Phi) is 71.0. The summed E-state index contributed by atoms with van der Waals surface area (Å²) in [5, 5.41) is 11.0. The van der Waals surface area contributed by atoms with Gasteiger partial charge in [-0.2, -0.15) is 49.3 Å². The molecule has 0 bridgehead atoms. The van der Waals surface area contributed by atoms with E-state index in [-0.39, 0.29) is 317 Å². The van der Waals surface area contributed by atoms with Crippen molar-refractivity contribution >= 4 is 158 Å². The van der Waals surface area contributed by atoms with E-state index >= 15 is 0 Å². The van der Waals surface area contributed by atoms with E-state index in [1.807, 2.05) is 84.0 Å². The molecule has 0 spiro atoms. The van der Waals surface area contributed by atoms with E-state index in [1.54, 1.807) is 131 Å². The number of halogens is 2. The van der Waals surface area contributed by atoms with Crippen molar-refractivity contribution in [3.8, 4) is 11.5 Å². The van der Waals surface area contributed by atoms with Crippen molar-refractivity contribution in [2.75, 3.05) is 74.1 Å². The number of nitrogens with zero attached hydrogens (tertiary/aromatic N) is 8. The molecule has 27 nitrogen and oxygen atoms in total. The van der Waals surface area contributed by atoms with Crippen LogP contribution < -0.4 is 20.1 Å². The summed E-state index contributed by atoms with van der Waals surface area (Å²) in [5.41, 5.74) is 9.40. The first kappa shape index (κ1) is 146. The average Bonchev–Trinajstić information content (AvgIpc) is 1.58. The number of benzene rings is 10. The van der Waals surface area contributed by atoms with Gasteiger partial charge in [0.1, 0.15) is 87.3 Å². The third-order valence-electron chi connectivity index (χ3n) is 19.3. The van der Waals surface area contributed by atoms with E-state index in [4.69, 9.17) is 21.1 Å². The van der Waals surface area contributed by atoms with Crippen molar-refractivity contribution in [2.45, 2.75) is 134 Å². The Labute approximate surface area is 978 Å². The van der Waals surface area contributed by atoms with Crippen LogP contribution in [-0.2, 0) is 323 Å². The molecule has 0 fully saturated rings. The molecule has 10 aromatic carbocycles. The van der Waals surface area contributed by atoms with Crippen molar-refractivity contribution in [3.63, 3.8) is 0 Å². The van der Waals surface area contributed by atoms with Crippen molar-refractivity contribution in [3.05, 3.63) is 309 Å². The number of sulfonamides is 7. The normalized spacial score (nSPS) is 11.7. The summed E-state index contributed by atoms with van der Waals surface area (Å²) in [6.07, 6.45) is 6.36. The van der Waals surface area contributed by atoms with Crippen molar-refractivity contribution in [2.24, 2.45) is 0 Å². The van der Waals surface area contributed by atoms with Gasteiger partial charge in [-0.05, 0) is 209 Å². The van der Waals surface area contributed by atoms with Gasteiger partial charge in [-0.1, -0.05) is 112 Å². The Hall–Kier alpha value is -0.873. The van der Waals surface area contributed by atoms with E-state index in [0.717, 1.165) is 92.2 Å². The Balaban J connectivity index is -0.000000223. The number of pyridine rings is 1. The van der Waals surface area contributed by atoms with Crippen molar-refractivity contribution in [1.29, 1.82) is 0 Å². The molecular weight excluding hydrogens is 2440 g/mol. The molecule has 0 unspecified atom stereocenters. The van der Waals surface area contributed by atoms with Gasteiger partial charge < -0.3 is 105 Å². The second kappa shape index (κ2) is 64.0. The summed E-state index contributed by atoms with van der Waals surface area (Å²) < 4.78 is 202. The van der Waals surface area contributed by atoms with Crippen molar-refractivity contribution < 1.29 is 302 Å². The summed E-state index contributed by atoms with van der Waals surface area (Å²) in [6.45, 7) is 16.3. The molecular formula is C89H114BrClN10O17S7Y7-14. The SMILES string of the molecule is C[N-]S(=O)(=O)c1c(C)c(C)c2c(c1C)CC(C)(C)O2.C[N-]S(=O)(=O)c1c(C)cc(OC)c(C)c1C.C[N-]S(=O)(=O)c1ccc(Cl)c2ncccc12.C[N-]S(=O)(=O)c1cccc2c(Br)cccc12.C[N-]S(=O)(=O)c1cccc2c(NC(C)=O)cccc12.C[N-]S(=O)(=O)c1cccc2c(NC)cccc12.C[N-]S(=O)(=O)c1cccc2c1CCCC2.[CH3-].[CH3-].[CH3-].[CH3-].[CH3-].[CH3-].[CH3-].[Y].[Y].[Y].[Y].[Y].[Y].[Y]. The number of carbonyl (C=O) groups is 1. The number of ether oxygens (including phenoxy) is 2. The number of methoxy groups -OCH3 is 1. The number of amides is 1. The fourth-order valence-electron chi connectivity index (χ4n) is 13.3. The van der Waals surface area contributed by atoms with Crippen LogP contribution in [0.3, 0.4) is 0 Å². The first-order valence-electron chi connectivity index (χ1n) is 36.1. The van der Waals surface area contributed by atoms with E-state index < -0.39 is 70.2 Å². The number of nitrogens with one attached hydrogen (secondary N) is 2. The summed E-state index contributed by atoms with van der Waals surface area (Å²) >= 11 is 9.33.